The zero-order chi connectivity index (χ0) is 12.4. The molecule has 0 heterocycles. The highest BCUT2D eigenvalue weighted by Gasteiger charge is 2.29. The van der Waals surface area contributed by atoms with Crippen LogP contribution in [0.1, 0.15) is 36.5 Å². The Balaban J connectivity index is 2.26. The summed E-state index contributed by atoms with van der Waals surface area (Å²) in [6.45, 7) is 2.20. The molecule has 0 radical (unpaired) electrons. The maximum absolute atomic E-state index is 12.4. The summed E-state index contributed by atoms with van der Waals surface area (Å²) in [5.74, 6) is 1.58. The third kappa shape index (κ3) is 2.63. The van der Waals surface area contributed by atoms with Gasteiger partial charge in [-0.25, -0.2) is 0 Å². The lowest BCUT2D eigenvalue weighted by atomic mass is 9.95. The molecule has 0 bridgehead atoms. The molecule has 3 heteroatoms. The van der Waals surface area contributed by atoms with Crippen LogP contribution in [-0.2, 0) is 0 Å². The quantitative estimate of drug-likeness (QED) is 0.761. The summed E-state index contributed by atoms with van der Waals surface area (Å²) in [6.07, 6.45) is 3.10. The van der Waals surface area contributed by atoms with Crippen molar-refractivity contribution >= 4 is 17.4 Å². The maximum atomic E-state index is 12.4. The molecule has 1 aromatic carbocycles. The van der Waals surface area contributed by atoms with Gasteiger partial charge in [0, 0.05) is 10.9 Å². The lowest BCUT2D eigenvalue weighted by Crippen LogP contribution is -2.12. The fourth-order valence-electron chi connectivity index (χ4n) is 2.54. The van der Waals surface area contributed by atoms with E-state index in [1.165, 1.54) is 0 Å². The minimum Gasteiger partial charge on any atom is -0.496 e. The lowest BCUT2D eigenvalue weighted by molar-refractivity contribution is 0.0917. The van der Waals surface area contributed by atoms with Crippen molar-refractivity contribution in [1.29, 1.82) is 0 Å². The molecule has 0 aliphatic heterocycles. The van der Waals surface area contributed by atoms with Crippen LogP contribution in [0.2, 0.25) is 5.02 Å². The number of hydrogen-bond donors (Lipinski definition) is 0. The van der Waals surface area contributed by atoms with Gasteiger partial charge in [-0.3, -0.25) is 4.79 Å². The first-order valence-electron chi connectivity index (χ1n) is 5.99. The van der Waals surface area contributed by atoms with Gasteiger partial charge >= 0.3 is 0 Å². The minimum absolute atomic E-state index is 0.136. The molecule has 1 aromatic rings. The van der Waals surface area contributed by atoms with Crippen LogP contribution in [-0.4, -0.2) is 12.9 Å². The van der Waals surface area contributed by atoms with Crippen molar-refractivity contribution in [1.82, 2.24) is 0 Å². The molecular formula is C14H17ClO2. The first-order chi connectivity index (χ1) is 8.11. The lowest BCUT2D eigenvalue weighted by Gasteiger charge is -2.12. The molecule has 1 saturated carbocycles. The number of methoxy groups -OCH3 is 1. The van der Waals surface area contributed by atoms with Crippen LogP contribution in [0.15, 0.2) is 18.2 Å². The summed E-state index contributed by atoms with van der Waals surface area (Å²) < 4.78 is 5.23. The van der Waals surface area contributed by atoms with E-state index in [-0.39, 0.29) is 11.7 Å². The monoisotopic (exact) mass is 252 g/mol. The van der Waals surface area contributed by atoms with Gasteiger partial charge in [0.25, 0.3) is 0 Å². The summed E-state index contributed by atoms with van der Waals surface area (Å²) >= 11 is 5.95. The highest BCUT2D eigenvalue weighted by molar-refractivity contribution is 6.31. The largest absolute Gasteiger partial charge is 0.496 e. The number of Topliss-reactive ketones (excluding diaryl/α,β-unsaturated/α-hetero) is 1. The second-order valence-corrected chi connectivity index (χ2v) is 5.26. The third-order valence-electron chi connectivity index (χ3n) is 3.49. The SMILES string of the molecule is COc1ccc(Cl)cc1C(=O)C1CCC(C)C1. The molecule has 17 heavy (non-hydrogen) atoms. The molecule has 2 unspecified atom stereocenters. The Bertz CT molecular complexity index is 428. The number of benzene rings is 1. The van der Waals surface area contributed by atoms with Crippen LogP contribution in [0, 0.1) is 11.8 Å². The molecule has 0 spiro atoms. The Kier molecular flexibility index (Phi) is 3.72. The predicted octanol–water partition coefficient (Wildman–Crippen LogP) is 3.97. The van der Waals surface area contributed by atoms with Crippen LogP contribution in [0.5, 0.6) is 5.75 Å². The number of rotatable bonds is 3. The zero-order valence-corrected chi connectivity index (χ0v) is 11.0. The van der Waals surface area contributed by atoms with Gasteiger partial charge in [0.2, 0.25) is 0 Å². The first-order valence-corrected chi connectivity index (χ1v) is 6.37. The van der Waals surface area contributed by atoms with E-state index in [4.69, 9.17) is 16.3 Å². The van der Waals surface area contributed by atoms with E-state index in [1.54, 1.807) is 25.3 Å². The Morgan fingerprint density at radius 1 is 1.41 bits per heavy atom. The summed E-state index contributed by atoms with van der Waals surface area (Å²) in [7, 11) is 1.58. The molecule has 1 aliphatic carbocycles. The van der Waals surface area contributed by atoms with E-state index in [0.717, 1.165) is 19.3 Å². The number of carbonyl (C=O) groups excluding carboxylic acids is 1. The minimum atomic E-state index is 0.136. The number of ether oxygens (including phenoxy) is 1. The highest BCUT2D eigenvalue weighted by atomic mass is 35.5. The van der Waals surface area contributed by atoms with Gasteiger partial charge in [0.05, 0.1) is 12.7 Å². The van der Waals surface area contributed by atoms with Crippen LogP contribution in [0.25, 0.3) is 0 Å². The van der Waals surface area contributed by atoms with Crippen molar-refractivity contribution in [3.05, 3.63) is 28.8 Å². The van der Waals surface area contributed by atoms with Gasteiger partial charge in [0.1, 0.15) is 5.75 Å². The molecule has 2 atom stereocenters. The molecule has 2 rings (SSSR count). The number of hydrogen-bond acceptors (Lipinski definition) is 2. The molecule has 0 N–H and O–H groups in total. The van der Waals surface area contributed by atoms with Crippen molar-refractivity contribution < 1.29 is 9.53 Å². The van der Waals surface area contributed by atoms with Crippen LogP contribution in [0.4, 0.5) is 0 Å². The molecule has 1 aliphatic rings. The Labute approximate surface area is 107 Å². The van der Waals surface area contributed by atoms with Crippen molar-refractivity contribution in [3.8, 4) is 5.75 Å². The maximum Gasteiger partial charge on any atom is 0.169 e. The average Bonchev–Trinajstić information content (AvgIpc) is 2.75. The molecule has 1 fully saturated rings. The van der Waals surface area contributed by atoms with Gasteiger partial charge in [-0.1, -0.05) is 18.5 Å². The van der Waals surface area contributed by atoms with Crippen LogP contribution < -0.4 is 4.74 Å². The van der Waals surface area contributed by atoms with E-state index in [1.807, 2.05) is 0 Å². The molecule has 92 valence electrons. The summed E-state index contributed by atoms with van der Waals surface area (Å²) in [5.41, 5.74) is 0.624. The van der Waals surface area contributed by atoms with Crippen LogP contribution >= 0.6 is 11.6 Å². The molecule has 0 saturated heterocycles. The molecule has 0 aromatic heterocycles. The topological polar surface area (TPSA) is 26.3 Å². The van der Waals surface area contributed by atoms with Gasteiger partial charge in [-0.05, 0) is 43.4 Å². The Morgan fingerprint density at radius 2 is 2.18 bits per heavy atom. The fourth-order valence-corrected chi connectivity index (χ4v) is 2.71. The van der Waals surface area contributed by atoms with E-state index in [2.05, 4.69) is 6.92 Å². The van der Waals surface area contributed by atoms with Crippen molar-refractivity contribution in [2.24, 2.45) is 11.8 Å². The standard InChI is InChI=1S/C14H17ClO2/c1-9-3-4-10(7-9)14(16)12-8-11(15)5-6-13(12)17-2/h5-6,8-10H,3-4,7H2,1-2H3. The van der Waals surface area contributed by atoms with Gasteiger partial charge in [0.15, 0.2) is 5.78 Å². The summed E-state index contributed by atoms with van der Waals surface area (Å²) in [5, 5.41) is 0.584. The van der Waals surface area contributed by atoms with E-state index < -0.39 is 0 Å². The normalized spacial score (nSPS) is 23.7. The van der Waals surface area contributed by atoms with Crippen molar-refractivity contribution in [3.63, 3.8) is 0 Å². The van der Waals surface area contributed by atoms with Gasteiger partial charge in [-0.15, -0.1) is 0 Å². The fraction of sp³-hybridized carbons (Fsp3) is 0.500. The number of carbonyl (C=O) groups is 1. The molecule has 2 nitrogen and oxygen atoms in total. The summed E-state index contributed by atoms with van der Waals surface area (Å²) in [6, 6.07) is 5.22. The number of ketones is 1. The Hall–Kier alpha value is -1.02. The van der Waals surface area contributed by atoms with Crippen molar-refractivity contribution in [2.45, 2.75) is 26.2 Å². The van der Waals surface area contributed by atoms with E-state index in [9.17, 15) is 4.79 Å². The average molecular weight is 253 g/mol. The van der Waals surface area contributed by atoms with Crippen molar-refractivity contribution in [2.75, 3.05) is 7.11 Å². The highest BCUT2D eigenvalue weighted by Crippen LogP contribution is 2.35. The first kappa shape index (κ1) is 12.4. The van der Waals surface area contributed by atoms with E-state index >= 15 is 0 Å². The van der Waals surface area contributed by atoms with Crippen LogP contribution in [0.3, 0.4) is 0 Å². The smallest absolute Gasteiger partial charge is 0.169 e. The third-order valence-corrected chi connectivity index (χ3v) is 3.73. The van der Waals surface area contributed by atoms with E-state index in [0.29, 0.717) is 22.3 Å². The number of halogens is 1. The zero-order valence-electron chi connectivity index (χ0n) is 10.2. The second-order valence-electron chi connectivity index (χ2n) is 4.82. The molecular weight excluding hydrogens is 236 g/mol. The van der Waals surface area contributed by atoms with Gasteiger partial charge < -0.3 is 4.74 Å². The van der Waals surface area contributed by atoms with Gasteiger partial charge in [-0.2, -0.15) is 0 Å². The predicted molar refractivity (Wildman–Crippen MR) is 68.8 cm³/mol. The summed E-state index contributed by atoms with van der Waals surface area (Å²) in [4.78, 5) is 12.4. The molecule has 0 amide bonds. The Morgan fingerprint density at radius 3 is 2.76 bits per heavy atom. The second kappa shape index (κ2) is 5.09.